The monoisotopic (exact) mass is 335 g/mol. The van der Waals surface area contributed by atoms with E-state index in [4.69, 9.17) is 21.3 Å². The molecule has 0 saturated heterocycles. The Kier molecular flexibility index (Phi) is 15.6. The number of aliphatic imine (C=N–C) groups is 1. The molecule has 0 unspecified atom stereocenters. The number of rotatable bonds is 3. The first kappa shape index (κ1) is 26.0. The van der Waals surface area contributed by atoms with Crippen LogP contribution in [0, 0.1) is 0 Å². The number of guanidine groups is 2. The van der Waals surface area contributed by atoms with Gasteiger partial charge in [0.15, 0.2) is 5.96 Å². The van der Waals surface area contributed by atoms with Crippen LogP contribution < -0.4 is 16.8 Å². The molecule has 0 aliphatic rings. The Morgan fingerprint density at radius 2 is 1.67 bits per heavy atom. The molecule has 0 heterocycles. The summed E-state index contributed by atoms with van der Waals surface area (Å²) in [5.41, 5.74) is 11.6. The van der Waals surface area contributed by atoms with Crippen LogP contribution in [0.4, 0.5) is 0 Å². The van der Waals surface area contributed by atoms with E-state index >= 15 is 0 Å². The zero-order chi connectivity index (χ0) is 13.6. The number of hydrogen-bond donors (Lipinski definition) is 5. The quantitative estimate of drug-likeness (QED) is 0.183. The normalized spacial score (nSPS) is 11.5. The van der Waals surface area contributed by atoms with E-state index in [0.717, 1.165) is 5.56 Å². The third kappa shape index (κ3) is 13.5. The van der Waals surface area contributed by atoms with E-state index in [-0.39, 0.29) is 70.6 Å². The van der Waals surface area contributed by atoms with Crippen molar-refractivity contribution in [3.05, 3.63) is 35.9 Å². The minimum absolute atomic E-state index is 0. The van der Waals surface area contributed by atoms with Gasteiger partial charge in [-0.1, -0.05) is 30.3 Å². The maximum atomic E-state index is 10.5. The van der Waals surface area contributed by atoms with Crippen molar-refractivity contribution >= 4 is 78.8 Å². The summed E-state index contributed by atoms with van der Waals surface area (Å²) < 4.78 is 13.4. The number of hydrogen-bond acceptors (Lipinski definition) is 2. The first-order valence-corrected chi connectivity index (χ1v) is 6.45. The molecule has 0 fully saturated rings. The average molecular weight is 335 g/mol. The minimum atomic E-state index is -4.57. The molecule has 0 aliphatic carbocycles. The zero-order valence-corrected chi connectivity index (χ0v) is 16.8. The summed E-state index contributed by atoms with van der Waals surface area (Å²) in [4.78, 5) is 21.0. The summed E-state index contributed by atoms with van der Waals surface area (Å²) >= 11 is 0. The largest absolute Gasteiger partial charge is 0.451 e. The Morgan fingerprint density at radius 3 is 2.14 bits per heavy atom. The van der Waals surface area contributed by atoms with E-state index < -0.39 is 13.7 Å². The Balaban J connectivity index is -0.00000108. The predicted molar refractivity (Wildman–Crippen MR) is 83.7 cm³/mol. The summed E-state index contributed by atoms with van der Waals surface area (Å²) in [5, 5.41) is 2.27. The summed E-state index contributed by atoms with van der Waals surface area (Å²) in [6.45, 7) is 0.322. The molecule has 0 amide bonds. The van der Waals surface area contributed by atoms with Gasteiger partial charge in [0.25, 0.3) is 0 Å². The minimum Gasteiger partial charge on any atom is -0.412 e. The van der Waals surface area contributed by atoms with Gasteiger partial charge in [0.1, 0.15) is 0 Å². The van der Waals surface area contributed by atoms with Crippen LogP contribution in [-0.4, -0.2) is 86.3 Å². The van der Waals surface area contributed by atoms with Crippen molar-refractivity contribution < 1.29 is 19.8 Å². The molecule has 0 aliphatic heterocycles. The molecular weight excluding hydrogens is 319 g/mol. The van der Waals surface area contributed by atoms with Gasteiger partial charge in [-0.2, -0.15) is 0 Å². The molecule has 9 N–H and O–H groups in total. The van der Waals surface area contributed by atoms with Crippen molar-refractivity contribution in [3.8, 4) is 0 Å². The van der Waals surface area contributed by atoms with E-state index in [2.05, 4.69) is 15.1 Å². The SMILES string of the molecule is NC(=NCc1ccccc1)N/C(N)=N/P(=O)(O)O.O.[Na].[Na]. The van der Waals surface area contributed by atoms with Crippen LogP contribution in [0.5, 0.6) is 0 Å². The van der Waals surface area contributed by atoms with Crippen LogP contribution in [0.2, 0.25) is 0 Å². The maximum Gasteiger partial charge on any atom is 0.451 e. The van der Waals surface area contributed by atoms with Gasteiger partial charge < -0.3 is 26.7 Å². The number of nitrogens with one attached hydrogen (secondary N) is 1. The van der Waals surface area contributed by atoms with E-state index in [1.54, 1.807) is 0 Å². The summed E-state index contributed by atoms with van der Waals surface area (Å²) in [5.74, 6) is -0.564. The van der Waals surface area contributed by atoms with Crippen molar-refractivity contribution in [1.29, 1.82) is 0 Å². The number of benzene rings is 1. The molecule has 0 bridgehead atoms. The van der Waals surface area contributed by atoms with Crippen molar-refractivity contribution in [2.45, 2.75) is 6.54 Å². The molecule has 0 saturated carbocycles. The van der Waals surface area contributed by atoms with Crippen molar-refractivity contribution in [2.75, 3.05) is 0 Å². The summed E-state index contributed by atoms with van der Waals surface area (Å²) in [6, 6.07) is 9.32. The van der Waals surface area contributed by atoms with Crippen molar-refractivity contribution in [3.63, 3.8) is 0 Å². The summed E-state index contributed by atoms with van der Waals surface area (Å²) in [7, 11) is -4.57. The molecule has 1 aromatic rings. The fraction of sp³-hybridized carbons (Fsp3) is 0.111. The van der Waals surface area contributed by atoms with Gasteiger partial charge in [-0.15, -0.1) is 4.76 Å². The fourth-order valence-electron chi connectivity index (χ4n) is 1.10. The molecule has 1 rings (SSSR count). The Morgan fingerprint density at radius 1 is 1.14 bits per heavy atom. The van der Waals surface area contributed by atoms with Gasteiger partial charge in [0.05, 0.1) is 6.54 Å². The van der Waals surface area contributed by atoms with Gasteiger partial charge in [-0.05, 0) is 5.56 Å². The first-order valence-electron chi connectivity index (χ1n) is 4.89. The molecule has 108 valence electrons. The second kappa shape index (κ2) is 12.6. The smallest absolute Gasteiger partial charge is 0.412 e. The van der Waals surface area contributed by atoms with Crippen molar-refractivity contribution in [1.82, 2.24) is 5.32 Å². The maximum absolute atomic E-state index is 10.5. The van der Waals surface area contributed by atoms with E-state index in [9.17, 15) is 4.57 Å². The third-order valence-corrected chi connectivity index (χ3v) is 2.24. The van der Waals surface area contributed by atoms with Gasteiger partial charge in [0.2, 0.25) is 5.96 Å². The molecule has 0 spiro atoms. The topological polar surface area (TPSA) is 178 Å². The Labute approximate surface area is 166 Å². The Hall–Kier alpha value is 0.0700. The fourth-order valence-corrected chi connectivity index (χ4v) is 1.43. The predicted octanol–water partition coefficient (Wildman–Crippen LogP) is -2.09. The molecular formula is C9H16N5Na2O4P. The van der Waals surface area contributed by atoms with Crippen LogP contribution in [0.15, 0.2) is 40.1 Å². The molecule has 0 aromatic heterocycles. The molecule has 0 atom stereocenters. The van der Waals surface area contributed by atoms with Gasteiger partial charge in [-0.25, -0.2) is 9.56 Å². The molecule has 21 heavy (non-hydrogen) atoms. The average Bonchev–Trinajstić information content (AvgIpc) is 2.25. The van der Waals surface area contributed by atoms with Crippen LogP contribution in [0.3, 0.4) is 0 Å². The van der Waals surface area contributed by atoms with Crippen LogP contribution in [-0.2, 0) is 11.1 Å². The standard InChI is InChI=1S/C9H14N5O3P.2Na.H2O/c10-8(13-9(11)14-18(15,16)17)12-6-7-4-2-1-3-5-7;;;/h1-5H,6H2,(H7,10,11,12,13,14,15,16,17);;;1H2. The molecule has 9 nitrogen and oxygen atoms in total. The molecule has 1 aromatic carbocycles. The summed E-state index contributed by atoms with van der Waals surface area (Å²) in [6.07, 6.45) is 0. The van der Waals surface area contributed by atoms with Crippen LogP contribution in [0.1, 0.15) is 5.56 Å². The second-order valence-corrected chi connectivity index (χ2v) is 4.54. The van der Waals surface area contributed by atoms with Gasteiger partial charge in [0, 0.05) is 59.1 Å². The number of nitrogens with zero attached hydrogens (tertiary/aromatic N) is 2. The van der Waals surface area contributed by atoms with E-state index in [0.29, 0.717) is 6.54 Å². The Bertz CT molecular complexity index is 508. The van der Waals surface area contributed by atoms with Crippen LogP contribution >= 0.6 is 7.75 Å². The molecule has 12 heteroatoms. The third-order valence-electron chi connectivity index (χ3n) is 1.77. The first-order chi connectivity index (χ1) is 8.37. The van der Waals surface area contributed by atoms with Gasteiger partial charge in [-0.3, -0.25) is 5.32 Å². The van der Waals surface area contributed by atoms with Crippen LogP contribution in [0.25, 0.3) is 0 Å². The number of nitrogens with two attached hydrogens (primary N) is 2. The van der Waals surface area contributed by atoms with Gasteiger partial charge >= 0.3 is 7.75 Å². The second-order valence-electron chi connectivity index (χ2n) is 3.31. The molecule has 2 radical (unpaired) electrons. The van der Waals surface area contributed by atoms with Crippen molar-refractivity contribution in [2.24, 2.45) is 21.2 Å². The van der Waals surface area contributed by atoms with E-state index in [1.807, 2.05) is 30.3 Å². The zero-order valence-electron chi connectivity index (χ0n) is 11.9. The van der Waals surface area contributed by atoms with E-state index in [1.165, 1.54) is 0 Å².